The van der Waals surface area contributed by atoms with Crippen molar-refractivity contribution in [2.24, 2.45) is 0 Å². The minimum atomic E-state index is -3.83. The van der Waals surface area contributed by atoms with E-state index in [4.69, 9.17) is 16.7 Å². The number of aliphatic hydroxyl groups is 1. The first kappa shape index (κ1) is 15.8. The molecule has 0 saturated carbocycles. The second kappa shape index (κ2) is 6.19. The number of fused-ring (bicyclic) bond motifs is 1. The molecule has 0 atom stereocenters. The zero-order valence-corrected chi connectivity index (χ0v) is 13.5. The van der Waals surface area contributed by atoms with Crippen LogP contribution in [-0.4, -0.2) is 29.9 Å². The molecule has 23 heavy (non-hydrogen) atoms. The van der Waals surface area contributed by atoms with Crippen LogP contribution in [0, 0.1) is 0 Å². The number of anilines is 1. The van der Waals surface area contributed by atoms with Gasteiger partial charge in [0.2, 0.25) is 0 Å². The maximum Gasteiger partial charge on any atom is 0.263 e. The number of aliphatic hydroxyl groups excluding tert-OH is 1. The lowest BCUT2D eigenvalue weighted by Gasteiger charge is -2.09. The van der Waals surface area contributed by atoms with Crippen LogP contribution in [0.15, 0.2) is 53.7 Å². The highest BCUT2D eigenvalue weighted by atomic mass is 35.5. The van der Waals surface area contributed by atoms with Crippen LogP contribution < -0.4 is 4.72 Å². The van der Waals surface area contributed by atoms with Gasteiger partial charge in [0.1, 0.15) is 4.90 Å². The molecule has 120 valence electrons. The first-order valence-electron chi connectivity index (χ1n) is 6.84. The Labute approximate surface area is 138 Å². The Morgan fingerprint density at radius 1 is 1.22 bits per heavy atom. The molecule has 0 fully saturated rings. The van der Waals surface area contributed by atoms with Gasteiger partial charge < -0.3 is 5.11 Å². The van der Waals surface area contributed by atoms with Gasteiger partial charge in [0.05, 0.1) is 30.1 Å². The van der Waals surface area contributed by atoms with E-state index in [0.29, 0.717) is 12.2 Å². The lowest BCUT2D eigenvalue weighted by molar-refractivity contribution is 0.269. The molecule has 3 aromatic rings. The van der Waals surface area contributed by atoms with Crippen molar-refractivity contribution in [3.8, 4) is 0 Å². The van der Waals surface area contributed by atoms with E-state index in [1.807, 2.05) is 24.3 Å². The molecule has 0 aliphatic carbocycles. The second-order valence-corrected chi connectivity index (χ2v) is 7.01. The summed E-state index contributed by atoms with van der Waals surface area (Å²) >= 11 is 6.14. The van der Waals surface area contributed by atoms with Gasteiger partial charge >= 0.3 is 0 Å². The van der Waals surface area contributed by atoms with Gasteiger partial charge in [-0.3, -0.25) is 9.40 Å². The van der Waals surface area contributed by atoms with E-state index in [0.717, 1.165) is 10.8 Å². The molecule has 0 radical (unpaired) electrons. The van der Waals surface area contributed by atoms with Crippen molar-refractivity contribution >= 4 is 38.1 Å². The smallest absolute Gasteiger partial charge is 0.263 e. The average Bonchev–Trinajstić information content (AvgIpc) is 2.93. The molecular weight excluding hydrogens is 338 g/mol. The van der Waals surface area contributed by atoms with Gasteiger partial charge in [0.15, 0.2) is 0 Å². The van der Waals surface area contributed by atoms with Gasteiger partial charge in [0.25, 0.3) is 10.0 Å². The van der Waals surface area contributed by atoms with Crippen LogP contribution in [0.4, 0.5) is 5.69 Å². The zero-order valence-electron chi connectivity index (χ0n) is 12.0. The first-order chi connectivity index (χ1) is 11.0. The third-order valence-corrected chi connectivity index (χ3v) is 5.15. The number of sulfonamides is 1. The fourth-order valence-electron chi connectivity index (χ4n) is 2.25. The van der Waals surface area contributed by atoms with E-state index in [1.165, 1.54) is 23.1 Å². The van der Waals surface area contributed by atoms with Gasteiger partial charge in [-0.2, -0.15) is 5.10 Å². The molecule has 8 heteroatoms. The summed E-state index contributed by atoms with van der Waals surface area (Å²) in [5.41, 5.74) is 0.308. The molecule has 0 unspecified atom stereocenters. The highest BCUT2D eigenvalue weighted by molar-refractivity contribution is 7.92. The Hall–Kier alpha value is -2.09. The summed E-state index contributed by atoms with van der Waals surface area (Å²) in [4.78, 5) is 0.00720. The molecule has 0 amide bonds. The van der Waals surface area contributed by atoms with Gasteiger partial charge in [0, 0.05) is 6.20 Å². The van der Waals surface area contributed by atoms with Crippen LogP contribution in [0.3, 0.4) is 0 Å². The molecule has 1 aromatic heterocycles. The topological polar surface area (TPSA) is 84.2 Å². The molecule has 0 aliphatic heterocycles. The first-order valence-corrected chi connectivity index (χ1v) is 8.70. The second-order valence-electron chi connectivity index (χ2n) is 4.95. The van der Waals surface area contributed by atoms with Crippen LogP contribution in [0.5, 0.6) is 0 Å². The lowest BCUT2D eigenvalue weighted by Crippen LogP contribution is -2.13. The van der Waals surface area contributed by atoms with Crippen LogP contribution in [0.1, 0.15) is 0 Å². The molecule has 6 nitrogen and oxygen atoms in total. The summed E-state index contributed by atoms with van der Waals surface area (Å²) in [6.45, 7) is 0.211. The fraction of sp³-hybridized carbons (Fsp3) is 0.133. The fourth-order valence-corrected chi connectivity index (χ4v) is 3.85. The van der Waals surface area contributed by atoms with Gasteiger partial charge in [-0.25, -0.2) is 8.42 Å². The minimum Gasteiger partial charge on any atom is -0.394 e. The Kier molecular flexibility index (Phi) is 4.25. The van der Waals surface area contributed by atoms with Gasteiger partial charge in [-0.1, -0.05) is 35.9 Å². The lowest BCUT2D eigenvalue weighted by atomic mass is 10.1. The molecule has 0 aliphatic rings. The third-order valence-electron chi connectivity index (χ3n) is 3.30. The maximum atomic E-state index is 12.6. The summed E-state index contributed by atoms with van der Waals surface area (Å²) in [7, 11) is -3.83. The van der Waals surface area contributed by atoms with E-state index >= 15 is 0 Å². The molecule has 2 N–H and O–H groups in total. The predicted octanol–water partition coefficient (Wildman–Crippen LogP) is 2.48. The third kappa shape index (κ3) is 3.31. The molecule has 0 saturated heterocycles. The number of nitrogens with zero attached hydrogens (tertiary/aromatic N) is 2. The van der Waals surface area contributed by atoms with Crippen LogP contribution >= 0.6 is 11.6 Å². The number of aromatic nitrogens is 2. The highest BCUT2D eigenvalue weighted by Gasteiger charge is 2.19. The molecule has 0 spiro atoms. The van der Waals surface area contributed by atoms with E-state index in [1.54, 1.807) is 6.07 Å². The highest BCUT2D eigenvalue weighted by Crippen LogP contribution is 2.28. The summed E-state index contributed by atoms with van der Waals surface area (Å²) in [6, 6.07) is 10.5. The van der Waals surface area contributed by atoms with Crippen LogP contribution in [-0.2, 0) is 16.6 Å². The molecule has 1 heterocycles. The van der Waals surface area contributed by atoms with Crippen LogP contribution in [0.2, 0.25) is 5.02 Å². The van der Waals surface area contributed by atoms with E-state index in [-0.39, 0.29) is 16.5 Å². The quantitative estimate of drug-likeness (QED) is 0.739. The van der Waals surface area contributed by atoms with E-state index < -0.39 is 10.0 Å². The number of halogens is 1. The molecule has 3 rings (SSSR count). The Balaban J connectivity index is 1.96. The zero-order chi connectivity index (χ0) is 16.4. The van der Waals surface area contributed by atoms with Crippen molar-refractivity contribution in [3.63, 3.8) is 0 Å². The van der Waals surface area contributed by atoms with Crippen molar-refractivity contribution in [1.29, 1.82) is 0 Å². The Morgan fingerprint density at radius 2 is 1.91 bits per heavy atom. The predicted molar refractivity (Wildman–Crippen MR) is 89.1 cm³/mol. The number of benzene rings is 2. The molecule has 2 aromatic carbocycles. The Morgan fingerprint density at radius 3 is 2.61 bits per heavy atom. The number of hydrogen-bond acceptors (Lipinski definition) is 4. The number of nitrogens with one attached hydrogen (secondary N) is 1. The van der Waals surface area contributed by atoms with Crippen LogP contribution in [0.25, 0.3) is 10.8 Å². The number of hydrogen-bond donors (Lipinski definition) is 2. The summed E-state index contributed by atoms with van der Waals surface area (Å²) in [5.74, 6) is 0. The minimum absolute atomic E-state index is 0.00720. The van der Waals surface area contributed by atoms with Crippen molar-refractivity contribution < 1.29 is 13.5 Å². The van der Waals surface area contributed by atoms with E-state index in [9.17, 15) is 8.42 Å². The average molecular weight is 352 g/mol. The summed E-state index contributed by atoms with van der Waals surface area (Å²) in [6.07, 6.45) is 2.88. The van der Waals surface area contributed by atoms with Crippen molar-refractivity contribution in [3.05, 3.63) is 53.8 Å². The molecule has 0 bridgehead atoms. The maximum absolute atomic E-state index is 12.6. The number of rotatable bonds is 5. The standard InChI is InChI=1S/C15H14ClN3O3S/c16-14-7-11-3-1-2-4-12(11)8-15(14)23(21,22)18-13-9-17-19(10-13)5-6-20/h1-4,7-10,18,20H,5-6H2. The normalized spacial score (nSPS) is 11.7. The summed E-state index contributed by atoms with van der Waals surface area (Å²) in [5, 5.41) is 14.6. The van der Waals surface area contributed by atoms with Crippen molar-refractivity contribution in [1.82, 2.24) is 9.78 Å². The Bertz CT molecular complexity index is 954. The summed E-state index contributed by atoms with van der Waals surface area (Å²) < 4.78 is 29.0. The largest absolute Gasteiger partial charge is 0.394 e. The van der Waals surface area contributed by atoms with Crippen molar-refractivity contribution in [2.75, 3.05) is 11.3 Å². The van der Waals surface area contributed by atoms with Gasteiger partial charge in [-0.05, 0) is 22.9 Å². The van der Waals surface area contributed by atoms with Crippen molar-refractivity contribution in [2.45, 2.75) is 11.4 Å². The SMILES string of the molecule is O=S(=O)(Nc1cnn(CCO)c1)c1cc2ccccc2cc1Cl. The molecular formula is C15H14ClN3O3S. The monoisotopic (exact) mass is 351 g/mol. The van der Waals surface area contributed by atoms with Gasteiger partial charge in [-0.15, -0.1) is 0 Å². The van der Waals surface area contributed by atoms with E-state index in [2.05, 4.69) is 9.82 Å².